The first-order chi connectivity index (χ1) is 6.92. The molecule has 0 bridgehead atoms. The van der Waals surface area contributed by atoms with Gasteiger partial charge in [0.1, 0.15) is 5.75 Å². The van der Waals surface area contributed by atoms with Gasteiger partial charge in [-0.1, -0.05) is 0 Å². The maximum Gasteiger partial charge on any atom is 0.573 e. The molecule has 0 N–H and O–H groups in total. The highest BCUT2D eigenvalue weighted by Gasteiger charge is 2.31. The molecule has 0 amide bonds. The lowest BCUT2D eigenvalue weighted by atomic mass is 10.3. The van der Waals surface area contributed by atoms with Gasteiger partial charge in [-0.15, -0.1) is 13.2 Å². The van der Waals surface area contributed by atoms with E-state index in [2.05, 4.69) is 9.72 Å². The Bertz CT molecular complexity index is 400. The maximum atomic E-state index is 11.8. The Hall–Kier alpha value is -1.04. The highest BCUT2D eigenvalue weighted by molar-refractivity contribution is 14.1. The topological polar surface area (TPSA) is 45.9 Å². The third kappa shape index (κ3) is 3.91. The van der Waals surface area contributed by atoms with Gasteiger partial charge in [0.2, 0.25) is 0 Å². The van der Waals surface area contributed by atoms with Crippen molar-refractivity contribution in [1.82, 2.24) is 4.98 Å². The first-order valence-electron chi connectivity index (χ1n) is 3.69. The van der Waals surface area contributed by atoms with Crippen LogP contribution in [0.3, 0.4) is 0 Å². The quantitative estimate of drug-likeness (QED) is 0.784. The number of nitrogens with zero attached hydrogens (tertiary/aromatic N) is 2. The molecule has 0 spiro atoms. The Morgan fingerprint density at radius 1 is 1.53 bits per heavy atom. The van der Waals surface area contributed by atoms with Gasteiger partial charge < -0.3 is 4.74 Å². The molecule has 0 atom stereocenters. The first-order valence-corrected chi connectivity index (χ1v) is 4.77. The van der Waals surface area contributed by atoms with Crippen molar-refractivity contribution in [1.29, 1.82) is 5.26 Å². The lowest BCUT2D eigenvalue weighted by Crippen LogP contribution is -2.17. The summed E-state index contributed by atoms with van der Waals surface area (Å²) >= 11 is 1.80. The lowest BCUT2D eigenvalue weighted by Gasteiger charge is -2.09. The number of hydrogen-bond acceptors (Lipinski definition) is 3. The van der Waals surface area contributed by atoms with Gasteiger partial charge in [-0.3, -0.25) is 4.98 Å². The van der Waals surface area contributed by atoms with Crippen LogP contribution in [-0.2, 0) is 6.42 Å². The molecule has 0 aliphatic heterocycles. The SMILES string of the molecule is N#CCc1ncc(OC(F)(F)F)cc1I. The van der Waals surface area contributed by atoms with Crippen LogP contribution in [0.4, 0.5) is 13.2 Å². The standard InChI is InChI=1S/C8H4F3IN2O/c9-8(10,11)15-5-3-6(12)7(1-2-13)14-4-5/h3-4H,1H2. The van der Waals surface area contributed by atoms with Gasteiger partial charge >= 0.3 is 6.36 Å². The zero-order valence-electron chi connectivity index (χ0n) is 7.18. The van der Waals surface area contributed by atoms with E-state index in [1.54, 1.807) is 22.6 Å². The van der Waals surface area contributed by atoms with Gasteiger partial charge in [-0.2, -0.15) is 5.26 Å². The minimum atomic E-state index is -4.72. The molecule has 0 fully saturated rings. The van der Waals surface area contributed by atoms with E-state index >= 15 is 0 Å². The average Bonchev–Trinajstić information content (AvgIpc) is 2.07. The van der Waals surface area contributed by atoms with Gasteiger partial charge in [0.05, 0.1) is 24.4 Å². The molecule has 1 rings (SSSR count). The van der Waals surface area contributed by atoms with Crippen LogP contribution in [-0.4, -0.2) is 11.3 Å². The Labute approximate surface area is 97.0 Å². The van der Waals surface area contributed by atoms with Crippen LogP contribution in [0.2, 0.25) is 0 Å². The largest absolute Gasteiger partial charge is 0.573 e. The van der Waals surface area contributed by atoms with Gasteiger partial charge in [0.25, 0.3) is 0 Å². The number of alkyl halides is 3. The molecular formula is C8H4F3IN2O. The van der Waals surface area contributed by atoms with Gasteiger partial charge in [0.15, 0.2) is 0 Å². The normalized spacial score (nSPS) is 10.9. The van der Waals surface area contributed by atoms with E-state index in [4.69, 9.17) is 5.26 Å². The molecule has 0 aliphatic carbocycles. The van der Waals surface area contributed by atoms with Crippen molar-refractivity contribution in [2.75, 3.05) is 0 Å². The second-order valence-electron chi connectivity index (χ2n) is 2.48. The summed E-state index contributed by atoms with van der Waals surface area (Å²) in [6, 6.07) is 3.05. The number of pyridine rings is 1. The minimum Gasteiger partial charge on any atom is -0.404 e. The highest BCUT2D eigenvalue weighted by Crippen LogP contribution is 2.24. The predicted molar refractivity (Wildman–Crippen MR) is 53.0 cm³/mol. The number of ether oxygens (including phenoxy) is 1. The van der Waals surface area contributed by atoms with Crippen LogP contribution in [0, 0.1) is 14.9 Å². The van der Waals surface area contributed by atoms with Crippen LogP contribution in [0.1, 0.15) is 5.69 Å². The number of nitriles is 1. The van der Waals surface area contributed by atoms with Crippen LogP contribution >= 0.6 is 22.6 Å². The van der Waals surface area contributed by atoms with Crippen LogP contribution in [0.15, 0.2) is 12.3 Å². The number of hydrogen-bond donors (Lipinski definition) is 0. The van der Waals surface area contributed by atoms with E-state index in [0.29, 0.717) is 9.26 Å². The molecule has 0 radical (unpaired) electrons. The van der Waals surface area contributed by atoms with Crippen molar-refractivity contribution in [2.45, 2.75) is 12.8 Å². The van der Waals surface area contributed by atoms with E-state index in [1.165, 1.54) is 6.07 Å². The molecule has 15 heavy (non-hydrogen) atoms. The van der Waals surface area contributed by atoms with Crippen molar-refractivity contribution >= 4 is 22.6 Å². The number of rotatable bonds is 2. The van der Waals surface area contributed by atoms with E-state index in [0.717, 1.165) is 6.20 Å². The summed E-state index contributed by atoms with van der Waals surface area (Å²) in [6.07, 6.45) is -3.71. The fourth-order valence-electron chi connectivity index (χ4n) is 0.843. The highest BCUT2D eigenvalue weighted by atomic mass is 127. The zero-order valence-corrected chi connectivity index (χ0v) is 9.33. The van der Waals surface area contributed by atoms with Gasteiger partial charge in [-0.25, -0.2) is 0 Å². The second kappa shape index (κ2) is 4.65. The molecule has 1 aromatic heterocycles. The number of aromatic nitrogens is 1. The summed E-state index contributed by atoms with van der Waals surface area (Å²) in [7, 11) is 0. The van der Waals surface area contributed by atoms with Crippen molar-refractivity contribution in [3.05, 3.63) is 21.5 Å². The Morgan fingerprint density at radius 3 is 2.67 bits per heavy atom. The molecule has 0 aliphatic rings. The van der Waals surface area contributed by atoms with Gasteiger partial charge in [0, 0.05) is 3.57 Å². The molecule has 80 valence electrons. The van der Waals surface area contributed by atoms with Crippen molar-refractivity contribution in [2.24, 2.45) is 0 Å². The molecule has 0 saturated carbocycles. The fraction of sp³-hybridized carbons (Fsp3) is 0.250. The van der Waals surface area contributed by atoms with E-state index in [9.17, 15) is 13.2 Å². The Kier molecular flexibility index (Phi) is 3.73. The van der Waals surface area contributed by atoms with Crippen molar-refractivity contribution in [3.63, 3.8) is 0 Å². The zero-order chi connectivity index (χ0) is 11.5. The Balaban J connectivity index is 2.88. The summed E-state index contributed by atoms with van der Waals surface area (Å²) in [5.41, 5.74) is 0.438. The molecule has 7 heteroatoms. The minimum absolute atomic E-state index is 0.0601. The lowest BCUT2D eigenvalue weighted by molar-refractivity contribution is -0.274. The molecule has 1 heterocycles. The summed E-state index contributed by atoms with van der Waals surface area (Å²) in [6.45, 7) is 0. The third-order valence-electron chi connectivity index (χ3n) is 1.37. The summed E-state index contributed by atoms with van der Waals surface area (Å²) in [5, 5.41) is 8.40. The monoisotopic (exact) mass is 328 g/mol. The molecule has 0 unspecified atom stereocenters. The summed E-state index contributed by atoms with van der Waals surface area (Å²) < 4.78 is 39.6. The van der Waals surface area contributed by atoms with Crippen LogP contribution in [0.5, 0.6) is 5.75 Å². The molecular weight excluding hydrogens is 324 g/mol. The third-order valence-corrected chi connectivity index (χ3v) is 2.31. The second-order valence-corrected chi connectivity index (χ2v) is 3.64. The van der Waals surface area contributed by atoms with Crippen LogP contribution in [0.25, 0.3) is 0 Å². The maximum absolute atomic E-state index is 11.8. The fourth-order valence-corrected chi connectivity index (χ4v) is 1.48. The van der Waals surface area contributed by atoms with Gasteiger partial charge in [-0.05, 0) is 28.7 Å². The van der Waals surface area contributed by atoms with E-state index in [-0.39, 0.29) is 12.2 Å². The number of halogens is 4. The first kappa shape index (κ1) is 12.0. The Morgan fingerprint density at radius 2 is 2.20 bits per heavy atom. The average molecular weight is 328 g/mol. The molecule has 0 aromatic carbocycles. The summed E-state index contributed by atoms with van der Waals surface area (Å²) in [5.74, 6) is -0.381. The van der Waals surface area contributed by atoms with E-state index in [1.807, 2.05) is 6.07 Å². The summed E-state index contributed by atoms with van der Waals surface area (Å²) in [4.78, 5) is 3.70. The molecule has 0 saturated heterocycles. The molecule has 3 nitrogen and oxygen atoms in total. The van der Waals surface area contributed by atoms with Crippen molar-refractivity contribution < 1.29 is 17.9 Å². The predicted octanol–water partition coefficient (Wildman–Crippen LogP) is 2.65. The smallest absolute Gasteiger partial charge is 0.404 e. The van der Waals surface area contributed by atoms with Crippen LogP contribution < -0.4 is 4.74 Å². The molecule has 1 aromatic rings. The van der Waals surface area contributed by atoms with Crippen molar-refractivity contribution in [3.8, 4) is 11.8 Å². The van der Waals surface area contributed by atoms with E-state index < -0.39 is 6.36 Å².